The third-order valence-corrected chi connectivity index (χ3v) is 3.46. The number of benzene rings is 1. The van der Waals surface area contributed by atoms with Gasteiger partial charge in [-0.25, -0.2) is 8.42 Å². The molecule has 0 aliphatic heterocycles. The van der Waals surface area contributed by atoms with Gasteiger partial charge in [0.2, 0.25) is 10.0 Å². The molecular formula is C11H16N2O4S. The van der Waals surface area contributed by atoms with E-state index in [9.17, 15) is 13.2 Å². The van der Waals surface area contributed by atoms with Crippen LogP contribution >= 0.6 is 0 Å². The lowest BCUT2D eigenvalue weighted by Crippen LogP contribution is -2.22. The van der Waals surface area contributed by atoms with Crippen LogP contribution in [-0.4, -0.2) is 39.3 Å². The number of carbonyl (C=O) groups is 1. The van der Waals surface area contributed by atoms with Crippen molar-refractivity contribution in [1.82, 2.24) is 0 Å². The largest absolute Gasteiger partial charge is 0.480 e. The molecule has 0 fully saturated rings. The second-order valence-electron chi connectivity index (χ2n) is 4.15. The fourth-order valence-electron chi connectivity index (χ4n) is 1.41. The van der Waals surface area contributed by atoms with Crippen LogP contribution in [0.2, 0.25) is 0 Å². The van der Waals surface area contributed by atoms with Gasteiger partial charge in [-0.2, -0.15) is 0 Å². The summed E-state index contributed by atoms with van der Waals surface area (Å²) in [5, 5.41) is 8.49. The third-order valence-electron chi connectivity index (χ3n) is 2.31. The van der Waals surface area contributed by atoms with Crippen LogP contribution < -0.4 is 9.62 Å². The van der Waals surface area contributed by atoms with Gasteiger partial charge in [0.25, 0.3) is 0 Å². The Hall–Kier alpha value is -1.76. The summed E-state index contributed by atoms with van der Waals surface area (Å²) in [7, 11) is -0.0966. The first kappa shape index (κ1) is 14.3. The highest BCUT2D eigenvalue weighted by atomic mass is 32.2. The van der Waals surface area contributed by atoms with Gasteiger partial charge in [0.1, 0.15) is 0 Å². The van der Waals surface area contributed by atoms with Crippen molar-refractivity contribution in [3.63, 3.8) is 0 Å². The zero-order chi connectivity index (χ0) is 13.9. The molecule has 0 spiro atoms. The van der Waals surface area contributed by atoms with Gasteiger partial charge in [-0.3, -0.25) is 9.52 Å². The Balaban J connectivity index is 2.96. The molecule has 0 aromatic heterocycles. The molecule has 0 aliphatic rings. The topological polar surface area (TPSA) is 86.7 Å². The van der Waals surface area contributed by atoms with Crippen LogP contribution in [0.15, 0.2) is 18.2 Å². The molecule has 2 N–H and O–H groups in total. The summed E-state index contributed by atoms with van der Waals surface area (Å²) in [5.41, 5.74) is 2.06. The zero-order valence-corrected chi connectivity index (χ0v) is 11.3. The SMILES string of the molecule is Cc1cc(N(C)C)ccc1NS(=O)(=O)CC(=O)O. The van der Waals surface area contributed by atoms with E-state index in [2.05, 4.69) is 4.72 Å². The fraction of sp³-hybridized carbons (Fsp3) is 0.364. The Morgan fingerprint density at radius 2 is 2.00 bits per heavy atom. The first-order chi connectivity index (χ1) is 8.21. The minimum absolute atomic E-state index is 0.391. The van der Waals surface area contributed by atoms with Gasteiger partial charge in [-0.1, -0.05) is 0 Å². The van der Waals surface area contributed by atoms with Crippen molar-refractivity contribution in [2.45, 2.75) is 6.92 Å². The van der Waals surface area contributed by atoms with Crippen molar-refractivity contribution in [1.29, 1.82) is 0 Å². The highest BCUT2D eigenvalue weighted by Crippen LogP contribution is 2.22. The summed E-state index contributed by atoms with van der Waals surface area (Å²) in [6.45, 7) is 1.76. The summed E-state index contributed by atoms with van der Waals surface area (Å²) in [4.78, 5) is 12.3. The number of hydrogen-bond acceptors (Lipinski definition) is 4. The number of aliphatic carboxylic acids is 1. The summed E-state index contributed by atoms with van der Waals surface area (Å²) < 4.78 is 25.2. The monoisotopic (exact) mass is 272 g/mol. The molecule has 7 heteroatoms. The predicted octanol–water partition coefficient (Wildman–Crippen LogP) is 0.887. The lowest BCUT2D eigenvalue weighted by molar-refractivity contribution is -0.134. The average molecular weight is 272 g/mol. The number of sulfonamides is 1. The molecule has 1 rings (SSSR count). The highest BCUT2D eigenvalue weighted by molar-refractivity contribution is 7.93. The molecule has 18 heavy (non-hydrogen) atoms. The second-order valence-corrected chi connectivity index (χ2v) is 5.87. The van der Waals surface area contributed by atoms with Gasteiger partial charge >= 0.3 is 5.97 Å². The molecule has 0 heterocycles. The van der Waals surface area contributed by atoms with E-state index in [0.29, 0.717) is 5.69 Å². The molecule has 0 radical (unpaired) electrons. The lowest BCUT2D eigenvalue weighted by atomic mass is 10.2. The second kappa shape index (κ2) is 5.26. The number of hydrogen-bond donors (Lipinski definition) is 2. The van der Waals surface area contributed by atoms with Crippen LogP contribution in [0.25, 0.3) is 0 Å². The van der Waals surface area contributed by atoms with E-state index in [1.807, 2.05) is 25.1 Å². The third kappa shape index (κ3) is 3.92. The first-order valence-electron chi connectivity index (χ1n) is 5.21. The summed E-state index contributed by atoms with van der Waals surface area (Å²) in [5.74, 6) is -2.33. The molecule has 0 saturated carbocycles. The van der Waals surface area contributed by atoms with Crippen molar-refractivity contribution in [3.05, 3.63) is 23.8 Å². The van der Waals surface area contributed by atoms with Gasteiger partial charge in [0.05, 0.1) is 5.69 Å². The van der Waals surface area contributed by atoms with E-state index in [0.717, 1.165) is 11.3 Å². The Morgan fingerprint density at radius 3 is 2.44 bits per heavy atom. The summed E-state index contributed by atoms with van der Waals surface area (Å²) >= 11 is 0. The van der Waals surface area contributed by atoms with Crippen LogP contribution in [0.3, 0.4) is 0 Å². The summed E-state index contributed by atoms with van der Waals surface area (Å²) in [6.07, 6.45) is 0. The Kier molecular flexibility index (Phi) is 4.18. The van der Waals surface area contributed by atoms with E-state index < -0.39 is 21.7 Å². The lowest BCUT2D eigenvalue weighted by Gasteiger charge is -2.15. The van der Waals surface area contributed by atoms with Crippen LogP contribution in [0.1, 0.15) is 5.56 Å². The van der Waals surface area contributed by atoms with Crippen LogP contribution in [0, 0.1) is 6.92 Å². The number of nitrogens with zero attached hydrogens (tertiary/aromatic N) is 1. The maximum atomic E-state index is 11.5. The Morgan fingerprint density at radius 1 is 1.39 bits per heavy atom. The molecule has 0 saturated heterocycles. The van der Waals surface area contributed by atoms with E-state index in [1.54, 1.807) is 19.1 Å². The number of carboxylic acids is 1. The molecule has 100 valence electrons. The normalized spacial score (nSPS) is 11.1. The first-order valence-corrected chi connectivity index (χ1v) is 6.87. The zero-order valence-electron chi connectivity index (χ0n) is 10.5. The van der Waals surface area contributed by atoms with Crippen molar-refractivity contribution < 1.29 is 18.3 Å². The van der Waals surface area contributed by atoms with Crippen molar-refractivity contribution in [3.8, 4) is 0 Å². The predicted molar refractivity (Wildman–Crippen MR) is 70.6 cm³/mol. The van der Waals surface area contributed by atoms with Crippen LogP contribution in [0.4, 0.5) is 11.4 Å². The average Bonchev–Trinajstić information content (AvgIpc) is 2.18. The number of carboxylic acid groups (broad SMARTS) is 1. The van der Waals surface area contributed by atoms with E-state index in [4.69, 9.17) is 5.11 Å². The van der Waals surface area contributed by atoms with E-state index in [-0.39, 0.29) is 0 Å². The number of rotatable bonds is 5. The molecule has 0 atom stereocenters. The highest BCUT2D eigenvalue weighted by Gasteiger charge is 2.16. The molecule has 0 unspecified atom stereocenters. The maximum absolute atomic E-state index is 11.5. The Labute approximate surface area is 106 Å². The molecule has 0 amide bonds. The van der Waals surface area contributed by atoms with Gasteiger partial charge in [-0.05, 0) is 30.7 Å². The molecule has 0 bridgehead atoms. The maximum Gasteiger partial charge on any atom is 0.320 e. The molecule has 6 nitrogen and oxygen atoms in total. The Bertz CT molecular complexity index is 552. The molecule has 1 aromatic carbocycles. The van der Waals surface area contributed by atoms with E-state index >= 15 is 0 Å². The fourth-order valence-corrected chi connectivity index (χ4v) is 2.37. The molecule has 1 aromatic rings. The molecule has 0 aliphatic carbocycles. The van der Waals surface area contributed by atoms with Crippen molar-refractivity contribution in [2.75, 3.05) is 29.5 Å². The van der Waals surface area contributed by atoms with Gasteiger partial charge in [-0.15, -0.1) is 0 Å². The molecular weight excluding hydrogens is 256 g/mol. The minimum atomic E-state index is -3.85. The quantitative estimate of drug-likeness (QED) is 0.831. The minimum Gasteiger partial charge on any atom is -0.480 e. The number of nitrogens with one attached hydrogen (secondary N) is 1. The van der Waals surface area contributed by atoms with Crippen LogP contribution in [0.5, 0.6) is 0 Å². The van der Waals surface area contributed by atoms with Crippen LogP contribution in [-0.2, 0) is 14.8 Å². The van der Waals surface area contributed by atoms with Gasteiger partial charge in [0, 0.05) is 19.8 Å². The van der Waals surface area contributed by atoms with Crippen molar-refractivity contribution >= 4 is 27.4 Å². The number of anilines is 2. The van der Waals surface area contributed by atoms with Crippen molar-refractivity contribution in [2.24, 2.45) is 0 Å². The van der Waals surface area contributed by atoms with Gasteiger partial charge in [0.15, 0.2) is 5.75 Å². The summed E-state index contributed by atoms with van der Waals surface area (Å²) in [6, 6.07) is 5.19. The standard InChI is InChI=1S/C11H16N2O4S/c1-8-6-9(13(2)3)4-5-10(8)12-18(16,17)7-11(14)15/h4-6,12H,7H2,1-3H3,(H,14,15). The van der Waals surface area contributed by atoms with E-state index in [1.165, 1.54) is 0 Å². The number of aryl methyl sites for hydroxylation is 1. The van der Waals surface area contributed by atoms with Gasteiger partial charge < -0.3 is 10.0 Å². The smallest absolute Gasteiger partial charge is 0.320 e.